The predicted molar refractivity (Wildman–Crippen MR) is 69.8 cm³/mol. The first kappa shape index (κ1) is 12.8. The summed E-state index contributed by atoms with van der Waals surface area (Å²) in [6.45, 7) is 0.0266. The largest absolute Gasteiger partial charge is 0.489 e. The minimum atomic E-state index is -0.624. The molecule has 0 N–H and O–H groups in total. The molecule has 2 aromatic carbocycles. The van der Waals surface area contributed by atoms with Gasteiger partial charge in [0.25, 0.3) is 0 Å². The van der Waals surface area contributed by atoms with Gasteiger partial charge in [-0.2, -0.15) is 0 Å². The Hall–Kier alpha value is -2.23. The van der Waals surface area contributed by atoms with Crippen LogP contribution in [0.1, 0.15) is 27.9 Å². The number of ketones is 1. The van der Waals surface area contributed by atoms with E-state index in [1.165, 1.54) is 12.1 Å². The maximum Gasteiger partial charge on any atom is 0.163 e. The van der Waals surface area contributed by atoms with Crippen LogP contribution in [0.3, 0.4) is 0 Å². The van der Waals surface area contributed by atoms with E-state index >= 15 is 0 Å². The van der Waals surface area contributed by atoms with E-state index in [4.69, 9.17) is 4.74 Å². The van der Waals surface area contributed by atoms with Crippen molar-refractivity contribution in [3.05, 3.63) is 64.7 Å². The number of hydrogen-bond donors (Lipinski definition) is 0. The molecule has 0 bridgehead atoms. The fourth-order valence-corrected chi connectivity index (χ4v) is 2.32. The summed E-state index contributed by atoms with van der Waals surface area (Å²) < 4.78 is 31.7. The van der Waals surface area contributed by atoms with Crippen LogP contribution in [0, 0.1) is 11.6 Å². The second-order valence-electron chi connectivity index (χ2n) is 4.77. The van der Waals surface area contributed by atoms with Gasteiger partial charge in [0.2, 0.25) is 0 Å². The molecule has 0 atom stereocenters. The third-order valence-corrected chi connectivity index (χ3v) is 3.41. The maximum atomic E-state index is 13.5. The highest BCUT2D eigenvalue weighted by atomic mass is 19.1. The smallest absolute Gasteiger partial charge is 0.163 e. The number of aryl methyl sites for hydroxylation is 1. The number of rotatable bonds is 3. The minimum absolute atomic E-state index is 0.0266. The fourth-order valence-electron chi connectivity index (χ4n) is 2.32. The second-order valence-corrected chi connectivity index (χ2v) is 4.77. The summed E-state index contributed by atoms with van der Waals surface area (Å²) in [5, 5.41) is 0. The molecule has 0 heterocycles. The van der Waals surface area contributed by atoms with Crippen LogP contribution in [-0.4, -0.2) is 5.78 Å². The Morgan fingerprint density at radius 3 is 2.70 bits per heavy atom. The lowest BCUT2D eigenvalue weighted by molar-refractivity contribution is 0.0994. The molecular weight excluding hydrogens is 262 g/mol. The highest BCUT2D eigenvalue weighted by Crippen LogP contribution is 2.26. The van der Waals surface area contributed by atoms with E-state index in [1.807, 2.05) is 6.07 Å². The van der Waals surface area contributed by atoms with Crippen LogP contribution < -0.4 is 4.74 Å². The highest BCUT2D eigenvalue weighted by Gasteiger charge is 2.19. The lowest BCUT2D eigenvalue weighted by Gasteiger charge is -2.08. The number of fused-ring (bicyclic) bond motifs is 1. The lowest BCUT2D eigenvalue weighted by atomic mass is 10.1. The van der Waals surface area contributed by atoms with E-state index in [9.17, 15) is 13.6 Å². The van der Waals surface area contributed by atoms with Crippen molar-refractivity contribution in [3.63, 3.8) is 0 Å². The Morgan fingerprint density at radius 1 is 1.05 bits per heavy atom. The Labute approximate surface area is 115 Å². The molecule has 1 aliphatic carbocycles. The highest BCUT2D eigenvalue weighted by molar-refractivity contribution is 6.00. The molecule has 0 aliphatic heterocycles. The quantitative estimate of drug-likeness (QED) is 0.853. The van der Waals surface area contributed by atoms with Crippen LogP contribution in [0.15, 0.2) is 36.4 Å². The van der Waals surface area contributed by atoms with E-state index < -0.39 is 11.6 Å². The lowest BCUT2D eigenvalue weighted by Crippen LogP contribution is -2.00. The van der Waals surface area contributed by atoms with E-state index in [2.05, 4.69) is 0 Å². The Morgan fingerprint density at radius 2 is 1.90 bits per heavy atom. The fraction of sp³-hybridized carbons (Fsp3) is 0.188. The zero-order chi connectivity index (χ0) is 14.1. The van der Waals surface area contributed by atoms with E-state index in [0.717, 1.165) is 23.6 Å². The molecule has 0 aromatic heterocycles. The Bertz CT molecular complexity index is 680. The van der Waals surface area contributed by atoms with E-state index in [-0.39, 0.29) is 12.4 Å². The number of Topliss-reactive ketones (excluding diaryl/α,β-unsaturated/α-hetero) is 1. The third kappa shape index (κ3) is 2.41. The zero-order valence-corrected chi connectivity index (χ0v) is 10.7. The van der Waals surface area contributed by atoms with Crippen LogP contribution in [0.4, 0.5) is 8.78 Å². The van der Waals surface area contributed by atoms with E-state index in [0.29, 0.717) is 17.7 Å². The molecule has 2 aromatic rings. The van der Waals surface area contributed by atoms with Gasteiger partial charge in [-0.05, 0) is 42.3 Å². The van der Waals surface area contributed by atoms with Gasteiger partial charge in [-0.25, -0.2) is 8.78 Å². The summed E-state index contributed by atoms with van der Waals surface area (Å²) in [6, 6.07) is 8.64. The van der Waals surface area contributed by atoms with Gasteiger partial charge in [0.15, 0.2) is 5.78 Å². The van der Waals surface area contributed by atoms with E-state index in [1.54, 1.807) is 12.1 Å². The van der Waals surface area contributed by atoms with Crippen LogP contribution in [0.25, 0.3) is 0 Å². The van der Waals surface area contributed by atoms with Crippen LogP contribution in [-0.2, 0) is 13.0 Å². The number of hydrogen-bond acceptors (Lipinski definition) is 2. The number of carbonyl (C=O) groups is 1. The molecule has 0 spiro atoms. The van der Waals surface area contributed by atoms with Crippen LogP contribution >= 0.6 is 0 Å². The third-order valence-electron chi connectivity index (χ3n) is 3.41. The van der Waals surface area contributed by atoms with Gasteiger partial charge in [-0.1, -0.05) is 0 Å². The first-order chi connectivity index (χ1) is 9.63. The standard InChI is InChI=1S/C16H12F2O2/c17-12-3-1-11(15(18)8-12)9-20-13-4-5-14-10(7-13)2-6-16(14)19/h1,3-5,7-8H,2,6,9H2. The normalized spacial score (nSPS) is 13.4. The molecule has 102 valence electrons. The zero-order valence-electron chi connectivity index (χ0n) is 10.7. The van der Waals surface area contributed by atoms with Crippen molar-refractivity contribution in [1.82, 2.24) is 0 Å². The molecular formula is C16H12F2O2. The molecule has 0 saturated heterocycles. The van der Waals surface area contributed by atoms with Crippen molar-refractivity contribution in [3.8, 4) is 5.75 Å². The predicted octanol–water partition coefficient (Wildman–Crippen LogP) is 3.67. The number of benzene rings is 2. The summed E-state index contributed by atoms with van der Waals surface area (Å²) in [4.78, 5) is 11.5. The summed E-state index contributed by atoms with van der Waals surface area (Å²) in [7, 11) is 0. The molecule has 0 radical (unpaired) electrons. The van der Waals surface area contributed by atoms with Crippen LogP contribution in [0.5, 0.6) is 5.75 Å². The molecule has 4 heteroatoms. The Balaban J connectivity index is 1.74. The first-order valence-corrected chi connectivity index (χ1v) is 6.36. The van der Waals surface area contributed by atoms with Gasteiger partial charge in [0.1, 0.15) is 24.0 Å². The second kappa shape index (κ2) is 5.04. The van der Waals surface area contributed by atoms with Gasteiger partial charge in [0, 0.05) is 23.6 Å². The van der Waals surface area contributed by atoms with Crippen LogP contribution in [0.2, 0.25) is 0 Å². The number of ether oxygens (including phenoxy) is 1. The van der Waals surface area contributed by atoms with Crippen molar-refractivity contribution < 1.29 is 18.3 Å². The maximum absolute atomic E-state index is 13.5. The number of carbonyl (C=O) groups excluding carboxylic acids is 1. The number of halogens is 2. The average Bonchev–Trinajstić information content (AvgIpc) is 2.79. The SMILES string of the molecule is O=C1CCc2cc(OCc3ccc(F)cc3F)ccc21. The monoisotopic (exact) mass is 274 g/mol. The van der Waals surface area contributed by atoms with Gasteiger partial charge < -0.3 is 4.74 Å². The molecule has 1 aliphatic rings. The average molecular weight is 274 g/mol. The van der Waals surface area contributed by atoms with Crippen molar-refractivity contribution in [2.24, 2.45) is 0 Å². The van der Waals surface area contributed by atoms with Crippen molar-refractivity contribution in [2.75, 3.05) is 0 Å². The summed E-state index contributed by atoms with van der Waals surface area (Å²) in [5.41, 5.74) is 2.00. The molecule has 20 heavy (non-hydrogen) atoms. The summed E-state index contributed by atoms with van der Waals surface area (Å²) in [6.07, 6.45) is 1.25. The molecule has 0 unspecified atom stereocenters. The molecule has 3 rings (SSSR count). The van der Waals surface area contributed by atoms with Gasteiger partial charge in [-0.3, -0.25) is 4.79 Å². The van der Waals surface area contributed by atoms with Crippen molar-refractivity contribution >= 4 is 5.78 Å². The molecule has 0 amide bonds. The molecule has 0 fully saturated rings. The Kier molecular flexibility index (Phi) is 3.22. The van der Waals surface area contributed by atoms with Crippen molar-refractivity contribution in [2.45, 2.75) is 19.4 Å². The minimum Gasteiger partial charge on any atom is -0.489 e. The van der Waals surface area contributed by atoms with Crippen molar-refractivity contribution in [1.29, 1.82) is 0 Å². The van der Waals surface area contributed by atoms with Gasteiger partial charge in [-0.15, -0.1) is 0 Å². The molecule has 2 nitrogen and oxygen atoms in total. The first-order valence-electron chi connectivity index (χ1n) is 6.36. The topological polar surface area (TPSA) is 26.3 Å². The summed E-state index contributed by atoms with van der Waals surface area (Å²) in [5.74, 6) is -0.498. The summed E-state index contributed by atoms with van der Waals surface area (Å²) >= 11 is 0. The van der Waals surface area contributed by atoms with Gasteiger partial charge >= 0.3 is 0 Å². The van der Waals surface area contributed by atoms with Gasteiger partial charge in [0.05, 0.1) is 0 Å². The molecule has 0 saturated carbocycles.